The summed E-state index contributed by atoms with van der Waals surface area (Å²) in [5.41, 5.74) is 2.95. The van der Waals surface area contributed by atoms with Crippen LogP contribution >= 0.6 is 0 Å². The van der Waals surface area contributed by atoms with Gasteiger partial charge in [0.1, 0.15) is 0 Å². The van der Waals surface area contributed by atoms with E-state index in [1.54, 1.807) is 19.0 Å². The monoisotopic (exact) mass is 277 g/mol. The summed E-state index contributed by atoms with van der Waals surface area (Å²) in [7, 11) is 3.25. The minimum Gasteiger partial charge on any atom is -0.371 e. The summed E-state index contributed by atoms with van der Waals surface area (Å²) in [6.07, 6.45) is 0. The maximum Gasteiger partial charge on any atom is 0.171 e. The predicted molar refractivity (Wildman–Crippen MR) is 77.7 cm³/mol. The Balaban J connectivity index is 2.49. The number of pyridine rings is 1. The average molecular weight is 277 g/mol. The van der Waals surface area contributed by atoms with Gasteiger partial charge in [-0.1, -0.05) is 6.07 Å². The molecule has 0 aliphatic rings. The number of aromatic nitrogens is 1. The molecule has 0 saturated heterocycles. The summed E-state index contributed by atoms with van der Waals surface area (Å²) in [5.74, 6) is -1.29. The molecule has 0 amide bonds. The Kier molecular flexibility index (Phi) is 3.88. The fraction of sp³-hybridized carbons (Fsp3) is 0.267. The molecule has 0 saturated carbocycles. The van der Waals surface area contributed by atoms with Crippen molar-refractivity contribution >= 4 is 17.3 Å². The van der Waals surface area contributed by atoms with Crippen LogP contribution in [0.4, 0.5) is 26.1 Å². The number of nitrogens with zero attached hydrogens (tertiary/aromatic N) is 2. The van der Waals surface area contributed by atoms with Gasteiger partial charge in [0.15, 0.2) is 23.3 Å². The third-order valence-electron chi connectivity index (χ3n) is 3.06. The molecule has 0 spiro atoms. The second-order valence-corrected chi connectivity index (χ2v) is 4.78. The highest BCUT2D eigenvalue weighted by Gasteiger charge is 2.16. The topological polar surface area (TPSA) is 28.2 Å². The number of rotatable bonds is 3. The molecule has 2 rings (SSSR count). The first kappa shape index (κ1) is 14.2. The van der Waals surface area contributed by atoms with Crippen molar-refractivity contribution < 1.29 is 8.78 Å². The normalized spacial score (nSPS) is 10.5. The smallest absolute Gasteiger partial charge is 0.171 e. The van der Waals surface area contributed by atoms with Crippen molar-refractivity contribution in [3.8, 4) is 0 Å². The van der Waals surface area contributed by atoms with Gasteiger partial charge in [-0.25, -0.2) is 13.8 Å². The molecule has 3 nitrogen and oxygen atoms in total. The third kappa shape index (κ3) is 2.71. The van der Waals surface area contributed by atoms with Crippen LogP contribution in [0.2, 0.25) is 0 Å². The Hall–Kier alpha value is -2.17. The quantitative estimate of drug-likeness (QED) is 0.925. The number of halogens is 2. The molecular weight excluding hydrogens is 260 g/mol. The summed E-state index contributed by atoms with van der Waals surface area (Å²) in [4.78, 5) is 5.60. The van der Waals surface area contributed by atoms with Gasteiger partial charge in [0, 0.05) is 25.8 Å². The van der Waals surface area contributed by atoms with E-state index in [9.17, 15) is 8.78 Å². The zero-order valence-corrected chi connectivity index (χ0v) is 12.0. The van der Waals surface area contributed by atoms with E-state index in [-0.39, 0.29) is 11.6 Å². The number of hydrogen-bond donors (Lipinski definition) is 1. The first-order valence-corrected chi connectivity index (χ1v) is 6.28. The molecule has 0 radical (unpaired) electrons. The van der Waals surface area contributed by atoms with Crippen LogP contribution in [-0.2, 0) is 0 Å². The molecule has 0 bridgehead atoms. The summed E-state index contributed by atoms with van der Waals surface area (Å²) in [6, 6.07) is 6.73. The molecule has 5 heteroatoms. The van der Waals surface area contributed by atoms with Crippen LogP contribution in [0.15, 0.2) is 24.3 Å². The third-order valence-corrected chi connectivity index (χ3v) is 3.06. The van der Waals surface area contributed by atoms with Gasteiger partial charge in [0.2, 0.25) is 0 Å². The minimum absolute atomic E-state index is 0.0256. The molecule has 1 N–H and O–H groups in total. The molecule has 106 valence electrons. The number of aryl methyl sites for hydroxylation is 2. The van der Waals surface area contributed by atoms with Crippen LogP contribution in [0.1, 0.15) is 11.1 Å². The Labute approximate surface area is 117 Å². The molecule has 1 heterocycles. The Morgan fingerprint density at radius 3 is 2.15 bits per heavy atom. The minimum atomic E-state index is -0.706. The van der Waals surface area contributed by atoms with Gasteiger partial charge in [0.05, 0.1) is 0 Å². The molecule has 0 unspecified atom stereocenters. The van der Waals surface area contributed by atoms with Gasteiger partial charge in [-0.15, -0.1) is 0 Å². The first-order chi connectivity index (χ1) is 9.42. The lowest BCUT2D eigenvalue weighted by Crippen LogP contribution is -2.15. The Morgan fingerprint density at radius 2 is 1.60 bits per heavy atom. The van der Waals surface area contributed by atoms with Crippen molar-refractivity contribution in [1.29, 1.82) is 0 Å². The highest BCUT2D eigenvalue weighted by Crippen LogP contribution is 2.28. The van der Waals surface area contributed by atoms with Gasteiger partial charge >= 0.3 is 0 Å². The van der Waals surface area contributed by atoms with Crippen LogP contribution in [0.3, 0.4) is 0 Å². The molecule has 0 atom stereocenters. The largest absolute Gasteiger partial charge is 0.371 e. The van der Waals surface area contributed by atoms with E-state index in [1.165, 1.54) is 0 Å². The lowest BCUT2D eigenvalue weighted by atomic mass is 10.1. The number of anilines is 3. The van der Waals surface area contributed by atoms with Gasteiger partial charge in [-0.05, 0) is 37.1 Å². The number of nitrogens with one attached hydrogen (secondary N) is 1. The van der Waals surface area contributed by atoms with Gasteiger partial charge in [-0.3, -0.25) is 0 Å². The lowest BCUT2D eigenvalue weighted by Gasteiger charge is -2.21. The molecule has 1 aromatic heterocycles. The van der Waals surface area contributed by atoms with E-state index in [1.807, 2.05) is 32.0 Å². The zero-order chi connectivity index (χ0) is 14.9. The average Bonchev–Trinajstić information content (AvgIpc) is 2.37. The highest BCUT2D eigenvalue weighted by atomic mass is 19.1. The Morgan fingerprint density at radius 1 is 1.00 bits per heavy atom. The van der Waals surface area contributed by atoms with Gasteiger partial charge < -0.3 is 10.2 Å². The molecule has 0 fully saturated rings. The van der Waals surface area contributed by atoms with Gasteiger partial charge in [-0.2, -0.15) is 0 Å². The Bertz CT molecular complexity index is 621. The fourth-order valence-corrected chi connectivity index (χ4v) is 2.13. The SMILES string of the molecule is CNc1nc(N(C)c2cc(C)cc(C)c2)c(F)cc1F. The van der Waals surface area contributed by atoms with E-state index in [0.717, 1.165) is 22.9 Å². The number of benzene rings is 1. The molecule has 1 aromatic carbocycles. The lowest BCUT2D eigenvalue weighted by molar-refractivity contribution is 0.576. The van der Waals surface area contributed by atoms with Crippen molar-refractivity contribution in [2.24, 2.45) is 0 Å². The van der Waals surface area contributed by atoms with Crippen molar-refractivity contribution in [3.05, 3.63) is 47.0 Å². The van der Waals surface area contributed by atoms with E-state index < -0.39 is 11.6 Å². The highest BCUT2D eigenvalue weighted by molar-refractivity contribution is 5.63. The van der Waals surface area contributed by atoms with Crippen molar-refractivity contribution in [2.45, 2.75) is 13.8 Å². The van der Waals surface area contributed by atoms with Crippen molar-refractivity contribution in [3.63, 3.8) is 0 Å². The molecule has 20 heavy (non-hydrogen) atoms. The second kappa shape index (κ2) is 5.45. The summed E-state index contributed by atoms with van der Waals surface area (Å²) >= 11 is 0. The maximum absolute atomic E-state index is 13.9. The zero-order valence-electron chi connectivity index (χ0n) is 12.0. The molecule has 0 aliphatic carbocycles. The molecule has 2 aromatic rings. The van der Waals surface area contributed by atoms with Crippen LogP contribution in [0.25, 0.3) is 0 Å². The van der Waals surface area contributed by atoms with Crippen LogP contribution in [-0.4, -0.2) is 19.1 Å². The van der Waals surface area contributed by atoms with E-state index in [2.05, 4.69) is 10.3 Å². The summed E-state index contributed by atoms with van der Waals surface area (Å²) < 4.78 is 27.4. The van der Waals surface area contributed by atoms with E-state index >= 15 is 0 Å². The second-order valence-electron chi connectivity index (χ2n) is 4.78. The van der Waals surface area contributed by atoms with Crippen LogP contribution in [0, 0.1) is 25.5 Å². The van der Waals surface area contributed by atoms with Crippen LogP contribution < -0.4 is 10.2 Å². The predicted octanol–water partition coefficient (Wildman–Crippen LogP) is 3.79. The summed E-state index contributed by atoms with van der Waals surface area (Å²) in [5, 5.41) is 2.61. The van der Waals surface area contributed by atoms with Gasteiger partial charge in [0.25, 0.3) is 0 Å². The van der Waals surface area contributed by atoms with Crippen LogP contribution in [0.5, 0.6) is 0 Å². The molecular formula is C15H17F2N3. The van der Waals surface area contributed by atoms with E-state index in [4.69, 9.17) is 0 Å². The standard InChI is InChI=1S/C15H17F2N3/c1-9-5-10(2)7-11(6-9)20(4)15-13(17)8-12(16)14(18-3)19-15/h5-8H,1-4H3,(H,18,19). The van der Waals surface area contributed by atoms with E-state index in [0.29, 0.717) is 0 Å². The van der Waals surface area contributed by atoms with Crippen molar-refractivity contribution in [1.82, 2.24) is 4.98 Å². The number of hydrogen-bond acceptors (Lipinski definition) is 3. The molecule has 0 aliphatic heterocycles. The first-order valence-electron chi connectivity index (χ1n) is 6.28. The van der Waals surface area contributed by atoms with Crippen molar-refractivity contribution in [2.75, 3.05) is 24.3 Å². The summed E-state index contributed by atoms with van der Waals surface area (Å²) in [6.45, 7) is 3.94. The maximum atomic E-state index is 13.9. The fourth-order valence-electron chi connectivity index (χ4n) is 2.13.